The molecule has 0 aliphatic heterocycles. The van der Waals surface area contributed by atoms with Gasteiger partial charge in [0.15, 0.2) is 5.75 Å². The largest absolute Gasteiger partial charge is 0.380 e. The van der Waals surface area contributed by atoms with Crippen LogP contribution in [-0.2, 0) is 15.9 Å². The molecule has 3 aromatic carbocycles. The van der Waals surface area contributed by atoms with E-state index in [4.69, 9.17) is 4.18 Å². The zero-order valence-corrected chi connectivity index (χ0v) is 13.0. The first-order valence-electron chi connectivity index (χ1n) is 6.97. The van der Waals surface area contributed by atoms with Crippen molar-refractivity contribution in [2.45, 2.75) is 5.75 Å². The van der Waals surface area contributed by atoms with Gasteiger partial charge in [0.25, 0.3) is 0 Å². The lowest BCUT2D eigenvalue weighted by molar-refractivity contribution is 0.487. The van der Waals surface area contributed by atoms with Gasteiger partial charge in [0, 0.05) is 5.39 Å². The molecule has 0 fully saturated rings. The highest BCUT2D eigenvalue weighted by Crippen LogP contribution is 2.31. The highest BCUT2D eigenvalue weighted by molar-refractivity contribution is 7.86. The first-order chi connectivity index (χ1) is 11.1. The third-order valence-corrected chi connectivity index (χ3v) is 4.50. The van der Waals surface area contributed by atoms with E-state index in [0.717, 1.165) is 5.39 Å². The van der Waals surface area contributed by atoms with Crippen LogP contribution in [0.15, 0.2) is 66.7 Å². The van der Waals surface area contributed by atoms with Gasteiger partial charge in [-0.1, -0.05) is 60.7 Å². The van der Waals surface area contributed by atoms with E-state index in [1.807, 2.05) is 24.3 Å². The summed E-state index contributed by atoms with van der Waals surface area (Å²) < 4.78 is 30.0. The van der Waals surface area contributed by atoms with E-state index in [1.54, 1.807) is 48.5 Å². The van der Waals surface area contributed by atoms with Crippen LogP contribution in [-0.4, -0.2) is 8.42 Å². The van der Waals surface area contributed by atoms with E-state index < -0.39 is 10.1 Å². The second-order valence-corrected chi connectivity index (χ2v) is 6.62. The summed E-state index contributed by atoms with van der Waals surface area (Å²) in [5.41, 5.74) is 0.826. The lowest BCUT2D eigenvalue weighted by atomic mass is 10.1. The molecule has 0 radical (unpaired) electrons. The number of benzene rings is 3. The standard InChI is InChI=1S/C18H13NO3S/c19-12-16-11-10-15-8-4-5-9-17(15)18(16)22-23(20,21)13-14-6-2-1-3-7-14/h1-11H,13H2. The molecule has 0 aromatic heterocycles. The molecule has 4 nitrogen and oxygen atoms in total. The van der Waals surface area contributed by atoms with Gasteiger partial charge in [-0.05, 0) is 17.0 Å². The Balaban J connectivity index is 2.02. The van der Waals surface area contributed by atoms with Gasteiger partial charge in [-0.25, -0.2) is 0 Å². The molecule has 5 heteroatoms. The summed E-state index contributed by atoms with van der Waals surface area (Å²) in [5.74, 6) is -0.163. The molecule has 0 saturated heterocycles. The maximum Gasteiger partial charge on any atom is 0.313 e. The first-order valence-corrected chi connectivity index (χ1v) is 8.55. The molecule has 0 aliphatic rings. The van der Waals surface area contributed by atoms with Crippen LogP contribution in [0.1, 0.15) is 11.1 Å². The lowest BCUT2D eigenvalue weighted by Gasteiger charge is -2.11. The fraction of sp³-hybridized carbons (Fsp3) is 0.0556. The molecule has 114 valence electrons. The van der Waals surface area contributed by atoms with Crippen molar-refractivity contribution in [3.63, 3.8) is 0 Å². The summed E-state index contributed by atoms with van der Waals surface area (Å²) in [6.45, 7) is 0. The minimum absolute atomic E-state index is 0.0848. The summed E-state index contributed by atoms with van der Waals surface area (Å²) in [5, 5.41) is 10.7. The SMILES string of the molecule is N#Cc1ccc2ccccc2c1OS(=O)(=O)Cc1ccccc1. The number of hydrogen-bond acceptors (Lipinski definition) is 4. The highest BCUT2D eigenvalue weighted by Gasteiger charge is 2.18. The maximum absolute atomic E-state index is 12.3. The van der Waals surface area contributed by atoms with E-state index in [0.29, 0.717) is 10.9 Å². The molecule has 0 spiro atoms. The zero-order valence-electron chi connectivity index (χ0n) is 12.1. The van der Waals surface area contributed by atoms with Crippen LogP contribution in [0, 0.1) is 11.3 Å². The third-order valence-electron chi connectivity index (χ3n) is 3.40. The van der Waals surface area contributed by atoms with Crippen molar-refractivity contribution in [1.82, 2.24) is 0 Å². The van der Waals surface area contributed by atoms with Gasteiger partial charge >= 0.3 is 10.1 Å². The molecule has 3 aromatic rings. The van der Waals surface area contributed by atoms with Crippen molar-refractivity contribution < 1.29 is 12.6 Å². The topological polar surface area (TPSA) is 67.2 Å². The third kappa shape index (κ3) is 3.33. The Kier molecular flexibility index (Phi) is 4.00. The van der Waals surface area contributed by atoms with Gasteiger partial charge in [-0.15, -0.1) is 0 Å². The van der Waals surface area contributed by atoms with Gasteiger partial charge in [0.2, 0.25) is 0 Å². The Morgan fingerprint density at radius 3 is 2.35 bits per heavy atom. The average molecular weight is 323 g/mol. The Bertz CT molecular complexity index is 990. The molecule has 0 N–H and O–H groups in total. The van der Waals surface area contributed by atoms with Crippen molar-refractivity contribution in [3.8, 4) is 11.8 Å². The number of hydrogen-bond donors (Lipinski definition) is 0. The van der Waals surface area contributed by atoms with Crippen molar-refractivity contribution in [2.24, 2.45) is 0 Å². The van der Waals surface area contributed by atoms with Crippen molar-refractivity contribution >= 4 is 20.9 Å². The smallest absolute Gasteiger partial charge is 0.313 e. The molecule has 0 amide bonds. The van der Waals surface area contributed by atoms with Crippen LogP contribution in [0.4, 0.5) is 0 Å². The summed E-state index contributed by atoms with van der Waals surface area (Å²) in [4.78, 5) is 0. The molecule has 0 heterocycles. The Hall–Kier alpha value is -2.84. The Labute approximate surface area is 134 Å². The van der Waals surface area contributed by atoms with Gasteiger partial charge in [0.1, 0.15) is 11.8 Å². The summed E-state index contributed by atoms with van der Waals surface area (Å²) in [7, 11) is -3.86. The van der Waals surface area contributed by atoms with Gasteiger partial charge < -0.3 is 4.18 Å². The fourth-order valence-corrected chi connectivity index (χ4v) is 3.45. The zero-order chi connectivity index (χ0) is 16.3. The van der Waals surface area contributed by atoms with Crippen molar-refractivity contribution in [1.29, 1.82) is 5.26 Å². The van der Waals surface area contributed by atoms with Crippen LogP contribution >= 0.6 is 0 Å². The van der Waals surface area contributed by atoms with E-state index in [2.05, 4.69) is 0 Å². The van der Waals surface area contributed by atoms with Crippen LogP contribution in [0.2, 0.25) is 0 Å². The quantitative estimate of drug-likeness (QED) is 0.688. The minimum atomic E-state index is -3.86. The molecule has 0 unspecified atom stereocenters. The van der Waals surface area contributed by atoms with Crippen LogP contribution in [0.3, 0.4) is 0 Å². The van der Waals surface area contributed by atoms with E-state index in [-0.39, 0.29) is 17.1 Å². The number of rotatable bonds is 4. The molecule has 0 saturated carbocycles. The predicted molar refractivity (Wildman–Crippen MR) is 88.4 cm³/mol. The highest BCUT2D eigenvalue weighted by atomic mass is 32.2. The number of nitriles is 1. The minimum Gasteiger partial charge on any atom is -0.380 e. The van der Waals surface area contributed by atoms with Crippen LogP contribution in [0.25, 0.3) is 10.8 Å². The van der Waals surface area contributed by atoms with Crippen molar-refractivity contribution in [2.75, 3.05) is 0 Å². The molecule has 0 bridgehead atoms. The Morgan fingerprint density at radius 1 is 0.913 bits per heavy atom. The number of nitrogens with zero attached hydrogens (tertiary/aromatic N) is 1. The molecule has 0 atom stereocenters. The van der Waals surface area contributed by atoms with E-state index in [9.17, 15) is 13.7 Å². The molecular formula is C18H13NO3S. The summed E-state index contributed by atoms with van der Waals surface area (Å²) >= 11 is 0. The molecule has 0 aliphatic carbocycles. The lowest BCUT2D eigenvalue weighted by Crippen LogP contribution is -2.13. The second kappa shape index (κ2) is 6.11. The van der Waals surface area contributed by atoms with Gasteiger partial charge in [0.05, 0.1) is 5.56 Å². The maximum atomic E-state index is 12.3. The molecular weight excluding hydrogens is 310 g/mol. The van der Waals surface area contributed by atoms with E-state index >= 15 is 0 Å². The summed E-state index contributed by atoms with van der Waals surface area (Å²) in [6.07, 6.45) is 0. The summed E-state index contributed by atoms with van der Waals surface area (Å²) in [6, 6.07) is 21.3. The first kappa shape index (κ1) is 15.1. The fourth-order valence-electron chi connectivity index (χ4n) is 2.36. The second-order valence-electron chi connectivity index (χ2n) is 5.05. The average Bonchev–Trinajstić information content (AvgIpc) is 2.55. The predicted octanol–water partition coefficient (Wildman–Crippen LogP) is 3.62. The van der Waals surface area contributed by atoms with Crippen LogP contribution < -0.4 is 4.18 Å². The van der Waals surface area contributed by atoms with Crippen LogP contribution in [0.5, 0.6) is 5.75 Å². The van der Waals surface area contributed by atoms with Gasteiger partial charge in [-0.3, -0.25) is 0 Å². The number of fused-ring (bicyclic) bond motifs is 1. The van der Waals surface area contributed by atoms with Crippen molar-refractivity contribution in [3.05, 3.63) is 77.9 Å². The molecule has 23 heavy (non-hydrogen) atoms. The molecule has 3 rings (SSSR count). The Morgan fingerprint density at radius 2 is 1.61 bits per heavy atom. The normalized spacial score (nSPS) is 11.1. The monoisotopic (exact) mass is 323 g/mol. The van der Waals surface area contributed by atoms with Gasteiger partial charge in [-0.2, -0.15) is 13.7 Å². The van der Waals surface area contributed by atoms with E-state index in [1.165, 1.54) is 0 Å².